The average molecular weight is 239 g/mol. The lowest BCUT2D eigenvalue weighted by atomic mass is 10.3. The predicted molar refractivity (Wildman–Crippen MR) is 58.4 cm³/mol. The number of carbonyl (C=O) groups is 1. The standard InChI is InChI=1S/C12H14FNO3/c1-2-16-12(15)11-10(13)5-9(6-14-11)17-7-8-3-4-8/h5-6,8H,2-4,7H2,1H3. The van der Waals surface area contributed by atoms with Gasteiger partial charge in [0.25, 0.3) is 0 Å². The number of ether oxygens (including phenoxy) is 2. The van der Waals surface area contributed by atoms with Gasteiger partial charge in [0.2, 0.25) is 0 Å². The Morgan fingerprint density at radius 1 is 1.59 bits per heavy atom. The van der Waals surface area contributed by atoms with Gasteiger partial charge in [-0.3, -0.25) is 0 Å². The van der Waals surface area contributed by atoms with Crippen LogP contribution in [-0.2, 0) is 4.74 Å². The van der Waals surface area contributed by atoms with Crippen molar-refractivity contribution in [1.82, 2.24) is 4.98 Å². The summed E-state index contributed by atoms with van der Waals surface area (Å²) in [4.78, 5) is 15.0. The number of esters is 1. The number of hydrogen-bond acceptors (Lipinski definition) is 4. The highest BCUT2D eigenvalue weighted by atomic mass is 19.1. The maximum Gasteiger partial charge on any atom is 0.359 e. The fraction of sp³-hybridized carbons (Fsp3) is 0.500. The second kappa shape index (κ2) is 5.12. The molecular formula is C12H14FNO3. The Kier molecular flexibility index (Phi) is 3.56. The highest BCUT2D eigenvalue weighted by Crippen LogP contribution is 2.29. The third-order valence-electron chi connectivity index (χ3n) is 2.47. The van der Waals surface area contributed by atoms with Crippen molar-refractivity contribution in [3.8, 4) is 5.75 Å². The van der Waals surface area contributed by atoms with E-state index < -0.39 is 11.8 Å². The first-order valence-corrected chi connectivity index (χ1v) is 5.66. The van der Waals surface area contributed by atoms with Crippen molar-refractivity contribution < 1.29 is 18.7 Å². The van der Waals surface area contributed by atoms with Gasteiger partial charge in [0.05, 0.1) is 19.4 Å². The summed E-state index contributed by atoms with van der Waals surface area (Å²) in [5.74, 6) is -0.527. The van der Waals surface area contributed by atoms with E-state index in [1.165, 1.54) is 12.3 Å². The molecule has 1 aromatic heterocycles. The first kappa shape index (κ1) is 11.8. The second-order valence-corrected chi connectivity index (χ2v) is 3.98. The van der Waals surface area contributed by atoms with Gasteiger partial charge in [0.1, 0.15) is 5.75 Å². The summed E-state index contributed by atoms with van der Waals surface area (Å²) in [6, 6.07) is 1.17. The van der Waals surface area contributed by atoms with Crippen LogP contribution < -0.4 is 4.74 Å². The van der Waals surface area contributed by atoms with Gasteiger partial charge >= 0.3 is 5.97 Å². The Morgan fingerprint density at radius 3 is 2.94 bits per heavy atom. The lowest BCUT2D eigenvalue weighted by molar-refractivity contribution is 0.0513. The molecule has 0 atom stereocenters. The average Bonchev–Trinajstić information content (AvgIpc) is 3.10. The molecule has 0 aliphatic heterocycles. The van der Waals surface area contributed by atoms with Crippen molar-refractivity contribution in [3.05, 3.63) is 23.8 Å². The van der Waals surface area contributed by atoms with E-state index in [4.69, 9.17) is 4.74 Å². The summed E-state index contributed by atoms with van der Waals surface area (Å²) >= 11 is 0. The lowest BCUT2D eigenvalue weighted by Gasteiger charge is -2.06. The van der Waals surface area contributed by atoms with Gasteiger partial charge in [0.15, 0.2) is 11.5 Å². The minimum absolute atomic E-state index is 0.194. The zero-order valence-electron chi connectivity index (χ0n) is 9.61. The smallest absolute Gasteiger partial charge is 0.359 e. The molecule has 0 aromatic carbocycles. The van der Waals surface area contributed by atoms with E-state index in [-0.39, 0.29) is 12.3 Å². The summed E-state index contributed by atoms with van der Waals surface area (Å²) in [5.41, 5.74) is -0.300. The monoisotopic (exact) mass is 239 g/mol. The van der Waals surface area contributed by atoms with Crippen LogP contribution in [-0.4, -0.2) is 24.2 Å². The Morgan fingerprint density at radius 2 is 2.35 bits per heavy atom. The second-order valence-electron chi connectivity index (χ2n) is 3.98. The molecule has 1 aliphatic carbocycles. The van der Waals surface area contributed by atoms with Crippen molar-refractivity contribution in [1.29, 1.82) is 0 Å². The fourth-order valence-corrected chi connectivity index (χ4v) is 1.35. The topological polar surface area (TPSA) is 48.4 Å². The van der Waals surface area contributed by atoms with Gasteiger partial charge in [-0.25, -0.2) is 14.2 Å². The molecule has 0 radical (unpaired) electrons. The molecule has 0 unspecified atom stereocenters. The molecule has 1 saturated carbocycles. The summed E-state index contributed by atoms with van der Waals surface area (Å²) in [6.07, 6.45) is 3.67. The number of hydrogen-bond donors (Lipinski definition) is 0. The quantitative estimate of drug-likeness (QED) is 0.739. The van der Waals surface area contributed by atoms with Crippen LogP contribution >= 0.6 is 0 Å². The molecule has 0 amide bonds. The van der Waals surface area contributed by atoms with Crippen LogP contribution in [0.2, 0.25) is 0 Å². The molecular weight excluding hydrogens is 225 g/mol. The first-order chi connectivity index (χ1) is 8.20. The van der Waals surface area contributed by atoms with Gasteiger partial charge in [-0.2, -0.15) is 0 Å². The zero-order chi connectivity index (χ0) is 12.3. The molecule has 1 aliphatic rings. The number of carbonyl (C=O) groups excluding carboxylic acids is 1. The number of nitrogens with zero attached hydrogens (tertiary/aromatic N) is 1. The van der Waals surface area contributed by atoms with Gasteiger partial charge in [0, 0.05) is 6.07 Å². The Labute approximate surface area is 98.8 Å². The van der Waals surface area contributed by atoms with Gasteiger partial charge in [-0.1, -0.05) is 0 Å². The molecule has 0 N–H and O–H groups in total. The van der Waals surface area contributed by atoms with Crippen LogP contribution in [0, 0.1) is 11.7 Å². The maximum atomic E-state index is 13.5. The van der Waals surface area contributed by atoms with E-state index in [0.29, 0.717) is 18.3 Å². The lowest BCUT2D eigenvalue weighted by Crippen LogP contribution is -2.10. The highest BCUT2D eigenvalue weighted by molar-refractivity contribution is 5.87. The molecule has 1 fully saturated rings. The molecule has 0 spiro atoms. The molecule has 4 nitrogen and oxygen atoms in total. The van der Waals surface area contributed by atoms with E-state index in [9.17, 15) is 9.18 Å². The molecule has 1 aromatic rings. The number of pyridine rings is 1. The Bertz CT molecular complexity index is 418. The predicted octanol–water partition coefficient (Wildman–Crippen LogP) is 2.19. The minimum Gasteiger partial charge on any atom is -0.492 e. The van der Waals surface area contributed by atoms with Crippen molar-refractivity contribution >= 4 is 5.97 Å². The Hall–Kier alpha value is -1.65. The maximum absolute atomic E-state index is 13.5. The summed E-state index contributed by atoms with van der Waals surface area (Å²) in [6.45, 7) is 2.43. The Balaban J connectivity index is 2.01. The summed E-state index contributed by atoms with van der Waals surface area (Å²) < 4.78 is 23.5. The normalized spacial score (nSPS) is 14.5. The molecule has 2 rings (SSSR count). The van der Waals surface area contributed by atoms with Crippen LogP contribution in [0.25, 0.3) is 0 Å². The van der Waals surface area contributed by atoms with Crippen molar-refractivity contribution in [2.75, 3.05) is 13.2 Å². The number of aromatic nitrogens is 1. The van der Waals surface area contributed by atoms with Crippen LogP contribution in [0.4, 0.5) is 4.39 Å². The molecule has 0 saturated heterocycles. The summed E-state index contributed by atoms with van der Waals surface area (Å²) in [7, 11) is 0. The third-order valence-corrected chi connectivity index (χ3v) is 2.47. The highest BCUT2D eigenvalue weighted by Gasteiger charge is 2.22. The molecule has 1 heterocycles. The molecule has 5 heteroatoms. The molecule has 92 valence electrons. The van der Waals surface area contributed by atoms with E-state index in [0.717, 1.165) is 12.8 Å². The van der Waals surface area contributed by atoms with Crippen LogP contribution in [0.15, 0.2) is 12.3 Å². The molecule has 17 heavy (non-hydrogen) atoms. The molecule has 0 bridgehead atoms. The minimum atomic E-state index is -0.751. The van der Waals surface area contributed by atoms with Crippen molar-refractivity contribution in [3.63, 3.8) is 0 Å². The van der Waals surface area contributed by atoms with Crippen molar-refractivity contribution in [2.45, 2.75) is 19.8 Å². The van der Waals surface area contributed by atoms with Gasteiger partial charge in [-0.15, -0.1) is 0 Å². The van der Waals surface area contributed by atoms with E-state index in [1.807, 2.05) is 0 Å². The fourth-order valence-electron chi connectivity index (χ4n) is 1.35. The van der Waals surface area contributed by atoms with Crippen LogP contribution in [0.1, 0.15) is 30.3 Å². The SMILES string of the molecule is CCOC(=O)c1ncc(OCC2CC2)cc1F. The number of rotatable bonds is 5. The third kappa shape index (κ3) is 3.15. The van der Waals surface area contributed by atoms with E-state index in [1.54, 1.807) is 6.92 Å². The van der Waals surface area contributed by atoms with Gasteiger partial charge < -0.3 is 9.47 Å². The van der Waals surface area contributed by atoms with Gasteiger partial charge in [-0.05, 0) is 25.7 Å². The van der Waals surface area contributed by atoms with Crippen LogP contribution in [0.5, 0.6) is 5.75 Å². The summed E-state index contributed by atoms with van der Waals surface area (Å²) in [5, 5.41) is 0. The zero-order valence-corrected chi connectivity index (χ0v) is 9.61. The first-order valence-electron chi connectivity index (χ1n) is 5.66. The number of halogens is 1. The largest absolute Gasteiger partial charge is 0.492 e. The van der Waals surface area contributed by atoms with Crippen molar-refractivity contribution in [2.24, 2.45) is 5.92 Å². The van der Waals surface area contributed by atoms with E-state index in [2.05, 4.69) is 9.72 Å². The van der Waals surface area contributed by atoms with E-state index >= 15 is 0 Å². The van der Waals surface area contributed by atoms with Crippen LogP contribution in [0.3, 0.4) is 0 Å².